The zero-order valence-corrected chi connectivity index (χ0v) is 11.8. The fraction of sp³-hybridized carbons (Fsp3) is 0.235. The van der Waals surface area contributed by atoms with Gasteiger partial charge in [-0.2, -0.15) is 0 Å². The van der Waals surface area contributed by atoms with Crippen LogP contribution in [0.25, 0.3) is 5.70 Å². The minimum atomic E-state index is -0.259. The highest BCUT2D eigenvalue weighted by molar-refractivity contribution is 6.01. The molecule has 0 saturated heterocycles. The molecule has 0 spiro atoms. The number of hydrogen-bond acceptors (Lipinski definition) is 1. The number of benzene rings is 1. The van der Waals surface area contributed by atoms with Gasteiger partial charge in [-0.3, -0.25) is 4.99 Å². The van der Waals surface area contributed by atoms with Crippen LogP contribution in [0.5, 0.6) is 0 Å². The van der Waals surface area contributed by atoms with E-state index in [1.54, 1.807) is 24.3 Å². The lowest BCUT2D eigenvalue weighted by Crippen LogP contribution is -2.17. The summed E-state index contributed by atoms with van der Waals surface area (Å²) in [6.45, 7) is 13.7. The third-order valence-corrected chi connectivity index (χ3v) is 2.62. The highest BCUT2D eigenvalue weighted by Crippen LogP contribution is 2.23. The van der Waals surface area contributed by atoms with Crippen LogP contribution in [0.1, 0.15) is 26.3 Å². The zero-order valence-electron chi connectivity index (χ0n) is 11.8. The normalized spacial score (nSPS) is 13.3. The largest absolute Gasteiger partial charge is 0.252 e. The highest BCUT2D eigenvalue weighted by atomic mass is 19.1. The summed E-state index contributed by atoms with van der Waals surface area (Å²) >= 11 is 0. The summed E-state index contributed by atoms with van der Waals surface area (Å²) in [4.78, 5) is 4.62. The molecule has 0 saturated carbocycles. The second kappa shape index (κ2) is 6.28. The van der Waals surface area contributed by atoms with E-state index in [0.717, 1.165) is 17.0 Å². The number of rotatable bonds is 4. The van der Waals surface area contributed by atoms with Gasteiger partial charge >= 0.3 is 0 Å². The predicted octanol–water partition coefficient (Wildman–Crippen LogP) is 5.03. The molecule has 1 aromatic rings. The Hall–Kier alpha value is -1.96. The van der Waals surface area contributed by atoms with E-state index in [0.29, 0.717) is 0 Å². The minimum absolute atomic E-state index is 0.0952. The van der Waals surface area contributed by atoms with E-state index in [1.165, 1.54) is 12.1 Å². The Kier molecular flexibility index (Phi) is 4.99. The van der Waals surface area contributed by atoms with E-state index >= 15 is 0 Å². The van der Waals surface area contributed by atoms with Crippen LogP contribution in [0.2, 0.25) is 0 Å². The maximum absolute atomic E-state index is 13.0. The molecular formula is C17H20FN. The van der Waals surface area contributed by atoms with Crippen molar-refractivity contribution < 1.29 is 4.39 Å². The Morgan fingerprint density at radius 1 is 1.16 bits per heavy atom. The van der Waals surface area contributed by atoms with Crippen LogP contribution in [0.4, 0.5) is 4.39 Å². The molecule has 0 aliphatic carbocycles. The Morgan fingerprint density at radius 3 is 2.16 bits per heavy atom. The summed E-state index contributed by atoms with van der Waals surface area (Å²) in [5.74, 6) is -0.259. The van der Waals surface area contributed by atoms with E-state index in [9.17, 15) is 4.39 Å². The van der Waals surface area contributed by atoms with Crippen molar-refractivity contribution in [2.75, 3.05) is 0 Å². The second-order valence-electron chi connectivity index (χ2n) is 5.25. The molecule has 19 heavy (non-hydrogen) atoms. The van der Waals surface area contributed by atoms with Crippen LogP contribution in [0.3, 0.4) is 0 Å². The van der Waals surface area contributed by atoms with Crippen molar-refractivity contribution in [1.82, 2.24) is 0 Å². The standard InChI is InChI=1S/C17H20FN/c1-6-8-15(13-9-11-14(18)12-10-13)19-16(7-2)17(3,4)5/h6-12H,1-2H2,3-5H3/b15-8-,19-16?. The first kappa shape index (κ1) is 15.1. The van der Waals surface area contributed by atoms with Crippen LogP contribution >= 0.6 is 0 Å². The molecule has 1 rings (SSSR count). The summed E-state index contributed by atoms with van der Waals surface area (Å²) in [5, 5.41) is 0. The molecule has 0 unspecified atom stereocenters. The molecule has 1 nitrogen and oxygen atoms in total. The SMILES string of the molecule is C=C/C=C(\N=C(C=C)C(C)(C)C)c1ccc(F)cc1. The lowest BCUT2D eigenvalue weighted by Gasteiger charge is -2.19. The first-order valence-corrected chi connectivity index (χ1v) is 6.18. The van der Waals surface area contributed by atoms with Gasteiger partial charge in [0, 0.05) is 16.7 Å². The first-order chi connectivity index (χ1) is 8.88. The fourth-order valence-corrected chi connectivity index (χ4v) is 1.58. The molecule has 0 N–H and O–H groups in total. The fourth-order valence-electron chi connectivity index (χ4n) is 1.58. The molecule has 0 bridgehead atoms. The number of halogens is 1. The van der Waals surface area contributed by atoms with Gasteiger partial charge in [-0.15, -0.1) is 0 Å². The van der Waals surface area contributed by atoms with Crippen molar-refractivity contribution in [3.63, 3.8) is 0 Å². The summed E-state index contributed by atoms with van der Waals surface area (Å²) in [7, 11) is 0. The summed E-state index contributed by atoms with van der Waals surface area (Å²) in [6, 6.07) is 6.26. The Bertz CT molecular complexity index is 513. The van der Waals surface area contributed by atoms with Gasteiger partial charge in [0.05, 0.1) is 5.70 Å². The van der Waals surface area contributed by atoms with Gasteiger partial charge in [0.1, 0.15) is 5.82 Å². The Balaban J connectivity index is 3.26. The van der Waals surface area contributed by atoms with E-state index in [1.807, 2.05) is 6.08 Å². The summed E-state index contributed by atoms with van der Waals surface area (Å²) in [5.41, 5.74) is 2.39. The van der Waals surface area contributed by atoms with Crippen molar-refractivity contribution >= 4 is 11.4 Å². The molecule has 0 aliphatic heterocycles. The van der Waals surface area contributed by atoms with Crippen molar-refractivity contribution in [3.05, 3.63) is 67.0 Å². The molecule has 0 heterocycles. The van der Waals surface area contributed by atoms with Gasteiger partial charge in [0.2, 0.25) is 0 Å². The summed E-state index contributed by atoms with van der Waals surface area (Å²) in [6.07, 6.45) is 5.23. The summed E-state index contributed by atoms with van der Waals surface area (Å²) < 4.78 is 13.0. The average molecular weight is 257 g/mol. The number of hydrogen-bond donors (Lipinski definition) is 0. The number of aliphatic imine (C=N–C) groups is 1. The van der Waals surface area contributed by atoms with Gasteiger partial charge in [0.15, 0.2) is 0 Å². The molecule has 0 aliphatic rings. The average Bonchev–Trinajstić information content (AvgIpc) is 2.34. The first-order valence-electron chi connectivity index (χ1n) is 6.18. The molecular weight excluding hydrogens is 237 g/mol. The van der Waals surface area contributed by atoms with E-state index in [4.69, 9.17) is 0 Å². The van der Waals surface area contributed by atoms with E-state index in [2.05, 4.69) is 38.9 Å². The molecule has 0 fully saturated rings. The Labute approximate surface area is 114 Å². The van der Waals surface area contributed by atoms with Crippen LogP contribution in [0, 0.1) is 11.2 Å². The molecule has 0 amide bonds. The van der Waals surface area contributed by atoms with Crippen molar-refractivity contribution in [2.45, 2.75) is 20.8 Å². The maximum atomic E-state index is 13.0. The van der Waals surface area contributed by atoms with Crippen LogP contribution < -0.4 is 0 Å². The third-order valence-electron chi connectivity index (χ3n) is 2.62. The molecule has 1 aromatic carbocycles. The van der Waals surface area contributed by atoms with E-state index < -0.39 is 0 Å². The minimum Gasteiger partial charge on any atom is -0.252 e. The lowest BCUT2D eigenvalue weighted by atomic mass is 9.89. The highest BCUT2D eigenvalue weighted by Gasteiger charge is 2.16. The third kappa shape index (κ3) is 4.32. The van der Waals surface area contributed by atoms with Crippen molar-refractivity contribution in [3.8, 4) is 0 Å². The van der Waals surface area contributed by atoms with Crippen molar-refractivity contribution in [2.24, 2.45) is 10.4 Å². The molecule has 0 radical (unpaired) electrons. The van der Waals surface area contributed by atoms with Gasteiger partial charge in [-0.1, -0.05) is 40.0 Å². The molecule has 0 aromatic heterocycles. The molecule has 2 heteroatoms. The van der Waals surface area contributed by atoms with Gasteiger partial charge in [-0.25, -0.2) is 4.39 Å². The lowest BCUT2D eigenvalue weighted by molar-refractivity contribution is 0.594. The van der Waals surface area contributed by atoms with Gasteiger partial charge < -0.3 is 0 Å². The topological polar surface area (TPSA) is 12.4 Å². The Morgan fingerprint density at radius 2 is 1.74 bits per heavy atom. The van der Waals surface area contributed by atoms with Crippen LogP contribution in [-0.4, -0.2) is 5.71 Å². The zero-order chi connectivity index (χ0) is 14.5. The molecule has 0 atom stereocenters. The quantitative estimate of drug-likeness (QED) is 0.530. The van der Waals surface area contributed by atoms with Crippen LogP contribution in [-0.2, 0) is 0 Å². The van der Waals surface area contributed by atoms with Gasteiger partial charge in [-0.05, 0) is 36.4 Å². The maximum Gasteiger partial charge on any atom is 0.123 e. The molecule has 100 valence electrons. The van der Waals surface area contributed by atoms with E-state index in [-0.39, 0.29) is 11.2 Å². The van der Waals surface area contributed by atoms with Crippen molar-refractivity contribution in [1.29, 1.82) is 0 Å². The second-order valence-corrected chi connectivity index (χ2v) is 5.25. The monoisotopic (exact) mass is 257 g/mol. The smallest absolute Gasteiger partial charge is 0.123 e. The predicted molar refractivity (Wildman–Crippen MR) is 81.7 cm³/mol. The van der Waals surface area contributed by atoms with Gasteiger partial charge in [0.25, 0.3) is 0 Å². The number of allylic oxidation sites excluding steroid dienone is 3. The van der Waals surface area contributed by atoms with Crippen LogP contribution in [0.15, 0.2) is 60.6 Å². The number of nitrogens with zero attached hydrogens (tertiary/aromatic N) is 1.